The van der Waals surface area contributed by atoms with Gasteiger partial charge in [-0.2, -0.15) is 13.2 Å². The Balaban J connectivity index is 1.82. The Kier molecular flexibility index (Phi) is 6.65. The Bertz CT molecular complexity index is 933. The summed E-state index contributed by atoms with van der Waals surface area (Å²) in [5, 5.41) is 5.33. The molecule has 1 amide bonds. The third-order valence-electron chi connectivity index (χ3n) is 4.98. The molecule has 1 aliphatic heterocycles. The second-order valence-corrected chi connectivity index (χ2v) is 7.97. The Morgan fingerprint density at radius 1 is 1.00 bits per heavy atom. The summed E-state index contributed by atoms with van der Waals surface area (Å²) in [7, 11) is 0. The van der Waals surface area contributed by atoms with Gasteiger partial charge in [-0.25, -0.2) is 0 Å². The van der Waals surface area contributed by atoms with Crippen LogP contribution in [0, 0.1) is 13.8 Å². The molecule has 4 nitrogen and oxygen atoms in total. The van der Waals surface area contributed by atoms with Gasteiger partial charge in [-0.05, 0) is 75.7 Å². The molecule has 2 aromatic carbocycles. The molecule has 0 unspecified atom stereocenters. The third-order valence-corrected chi connectivity index (χ3v) is 5.18. The smallest absolute Gasteiger partial charge is 0.370 e. The molecular weight excluding hydrogens is 411 g/mol. The van der Waals surface area contributed by atoms with Crippen LogP contribution in [-0.4, -0.2) is 24.1 Å². The van der Waals surface area contributed by atoms with Gasteiger partial charge in [-0.1, -0.05) is 17.2 Å². The molecule has 3 rings (SSSR count). The van der Waals surface area contributed by atoms with Gasteiger partial charge in [-0.15, -0.1) is 0 Å². The maximum atomic E-state index is 13.2. The lowest BCUT2D eigenvalue weighted by molar-refractivity contribution is -0.137. The van der Waals surface area contributed by atoms with Gasteiger partial charge in [0, 0.05) is 18.7 Å². The number of halogens is 3. The van der Waals surface area contributed by atoms with E-state index in [0.717, 1.165) is 55.6 Å². The number of amides is 1. The van der Waals surface area contributed by atoms with E-state index in [1.165, 1.54) is 6.07 Å². The number of thiocarbonyl (C=S) groups is 1. The molecule has 0 aliphatic carbocycles. The lowest BCUT2D eigenvalue weighted by Gasteiger charge is -2.31. The maximum Gasteiger partial charge on any atom is 0.416 e. The second kappa shape index (κ2) is 9.04. The number of carbonyl (C=O) groups is 1. The van der Waals surface area contributed by atoms with Crippen molar-refractivity contribution >= 4 is 34.6 Å². The van der Waals surface area contributed by atoms with E-state index in [-0.39, 0.29) is 10.8 Å². The fourth-order valence-electron chi connectivity index (χ4n) is 3.66. The fraction of sp³-hybridized carbons (Fsp3) is 0.364. The minimum Gasteiger partial charge on any atom is -0.370 e. The molecular formula is C22H24F3N3OS. The van der Waals surface area contributed by atoms with Gasteiger partial charge in [0.2, 0.25) is 0 Å². The SMILES string of the molecule is Cc1cc(C)cc(C(=O)NC(=S)Nc2cc(C(F)(F)F)ccc2N2CCCCC2)c1. The Labute approximate surface area is 179 Å². The molecule has 1 fully saturated rings. The Morgan fingerprint density at radius 2 is 1.63 bits per heavy atom. The van der Waals surface area contributed by atoms with Crippen LogP contribution in [0.5, 0.6) is 0 Å². The quantitative estimate of drug-likeness (QED) is 0.631. The minimum atomic E-state index is -4.47. The molecule has 0 bridgehead atoms. The molecule has 2 N–H and O–H groups in total. The zero-order valence-electron chi connectivity index (χ0n) is 16.9. The first-order chi connectivity index (χ1) is 14.1. The van der Waals surface area contributed by atoms with Crippen molar-refractivity contribution in [3.8, 4) is 0 Å². The van der Waals surface area contributed by atoms with E-state index < -0.39 is 17.6 Å². The summed E-state index contributed by atoms with van der Waals surface area (Å²) in [6.07, 6.45) is -1.41. The van der Waals surface area contributed by atoms with Crippen LogP contribution in [0.1, 0.15) is 46.3 Å². The van der Waals surface area contributed by atoms with E-state index in [0.29, 0.717) is 11.3 Å². The Hall–Kier alpha value is -2.61. The Morgan fingerprint density at radius 3 is 2.23 bits per heavy atom. The van der Waals surface area contributed by atoms with E-state index >= 15 is 0 Å². The lowest BCUT2D eigenvalue weighted by Crippen LogP contribution is -2.35. The van der Waals surface area contributed by atoms with Crippen LogP contribution in [0.3, 0.4) is 0 Å². The van der Waals surface area contributed by atoms with Crippen LogP contribution in [0.15, 0.2) is 36.4 Å². The summed E-state index contributed by atoms with van der Waals surface area (Å²) in [5.74, 6) is -0.411. The van der Waals surface area contributed by atoms with Crippen molar-refractivity contribution in [2.24, 2.45) is 0 Å². The normalized spacial score (nSPS) is 14.4. The van der Waals surface area contributed by atoms with Gasteiger partial charge < -0.3 is 10.2 Å². The zero-order chi connectivity index (χ0) is 21.9. The number of anilines is 2. The number of alkyl halides is 3. The first-order valence-corrected chi connectivity index (χ1v) is 10.2. The number of benzene rings is 2. The van der Waals surface area contributed by atoms with Gasteiger partial charge in [0.25, 0.3) is 5.91 Å². The van der Waals surface area contributed by atoms with Gasteiger partial charge in [-0.3, -0.25) is 10.1 Å². The van der Waals surface area contributed by atoms with Crippen LogP contribution in [-0.2, 0) is 6.18 Å². The highest BCUT2D eigenvalue weighted by atomic mass is 32.1. The van der Waals surface area contributed by atoms with Crippen molar-refractivity contribution in [3.63, 3.8) is 0 Å². The summed E-state index contributed by atoms with van der Waals surface area (Å²) >= 11 is 5.23. The van der Waals surface area contributed by atoms with Gasteiger partial charge in [0.1, 0.15) is 0 Å². The topological polar surface area (TPSA) is 44.4 Å². The molecule has 8 heteroatoms. The predicted octanol–water partition coefficient (Wildman–Crippen LogP) is 5.44. The fourth-order valence-corrected chi connectivity index (χ4v) is 3.86. The highest BCUT2D eigenvalue weighted by Gasteiger charge is 2.31. The predicted molar refractivity (Wildman–Crippen MR) is 117 cm³/mol. The van der Waals surface area contributed by atoms with Crippen molar-refractivity contribution in [2.45, 2.75) is 39.3 Å². The van der Waals surface area contributed by atoms with Crippen molar-refractivity contribution in [1.29, 1.82) is 0 Å². The van der Waals surface area contributed by atoms with Crippen molar-refractivity contribution < 1.29 is 18.0 Å². The van der Waals surface area contributed by atoms with E-state index in [1.54, 1.807) is 12.1 Å². The summed E-state index contributed by atoms with van der Waals surface area (Å²) < 4.78 is 39.7. The van der Waals surface area contributed by atoms with Gasteiger partial charge in [0.05, 0.1) is 16.9 Å². The second-order valence-electron chi connectivity index (χ2n) is 7.56. The van der Waals surface area contributed by atoms with Crippen molar-refractivity contribution in [2.75, 3.05) is 23.3 Å². The molecule has 0 radical (unpaired) electrons. The summed E-state index contributed by atoms with van der Waals surface area (Å²) in [6, 6.07) is 8.99. The van der Waals surface area contributed by atoms with Crippen molar-refractivity contribution in [3.05, 3.63) is 58.7 Å². The zero-order valence-corrected chi connectivity index (χ0v) is 17.7. The van der Waals surface area contributed by atoms with Gasteiger partial charge >= 0.3 is 6.18 Å². The van der Waals surface area contributed by atoms with E-state index in [4.69, 9.17) is 12.2 Å². The summed E-state index contributed by atoms with van der Waals surface area (Å²) in [4.78, 5) is 14.6. The van der Waals surface area contributed by atoms with Crippen LogP contribution in [0.4, 0.5) is 24.5 Å². The van der Waals surface area contributed by atoms with Crippen LogP contribution < -0.4 is 15.5 Å². The van der Waals surface area contributed by atoms with Crippen LogP contribution in [0.25, 0.3) is 0 Å². The average molecular weight is 436 g/mol. The number of aryl methyl sites for hydroxylation is 2. The molecule has 0 spiro atoms. The standard InChI is InChI=1S/C22H24F3N3OS/c1-14-10-15(2)12-16(11-14)20(29)27-21(30)26-18-13-17(22(23,24)25)6-7-19(18)28-8-4-3-5-9-28/h6-7,10-13H,3-5,8-9H2,1-2H3,(H2,26,27,29,30). The lowest BCUT2D eigenvalue weighted by atomic mass is 10.1. The molecule has 0 atom stereocenters. The van der Waals surface area contributed by atoms with Crippen LogP contribution >= 0.6 is 12.2 Å². The number of hydrogen-bond acceptors (Lipinski definition) is 3. The number of carbonyl (C=O) groups excluding carboxylic acids is 1. The molecule has 1 aliphatic rings. The first kappa shape index (κ1) is 22.1. The number of piperidine rings is 1. The number of nitrogens with zero attached hydrogens (tertiary/aromatic N) is 1. The molecule has 1 heterocycles. The molecule has 160 valence electrons. The summed E-state index contributed by atoms with van der Waals surface area (Å²) in [5.41, 5.74) is 2.42. The molecule has 30 heavy (non-hydrogen) atoms. The molecule has 0 aromatic heterocycles. The molecule has 2 aromatic rings. The number of nitrogens with one attached hydrogen (secondary N) is 2. The molecule has 1 saturated heterocycles. The minimum absolute atomic E-state index is 0.0447. The van der Waals surface area contributed by atoms with Crippen molar-refractivity contribution in [1.82, 2.24) is 5.32 Å². The maximum absolute atomic E-state index is 13.2. The van der Waals surface area contributed by atoms with E-state index in [1.807, 2.05) is 24.8 Å². The van der Waals surface area contributed by atoms with Gasteiger partial charge in [0.15, 0.2) is 5.11 Å². The average Bonchev–Trinajstić information content (AvgIpc) is 2.67. The highest BCUT2D eigenvalue weighted by Crippen LogP contribution is 2.36. The van der Waals surface area contributed by atoms with E-state index in [2.05, 4.69) is 10.6 Å². The van der Waals surface area contributed by atoms with Crippen LogP contribution in [0.2, 0.25) is 0 Å². The van der Waals surface area contributed by atoms with E-state index in [9.17, 15) is 18.0 Å². The highest BCUT2D eigenvalue weighted by molar-refractivity contribution is 7.80. The first-order valence-electron chi connectivity index (χ1n) is 9.80. The number of hydrogen-bond donors (Lipinski definition) is 2. The molecule has 0 saturated carbocycles. The summed E-state index contributed by atoms with van der Waals surface area (Å²) in [6.45, 7) is 5.30. The number of rotatable bonds is 3. The largest absolute Gasteiger partial charge is 0.416 e. The third kappa shape index (κ3) is 5.50. The monoisotopic (exact) mass is 435 g/mol.